The van der Waals surface area contributed by atoms with Crippen LogP contribution in [-0.2, 0) is 6.54 Å². The van der Waals surface area contributed by atoms with Gasteiger partial charge in [0.15, 0.2) is 0 Å². The van der Waals surface area contributed by atoms with Gasteiger partial charge in [-0.3, -0.25) is 9.69 Å². The van der Waals surface area contributed by atoms with Crippen molar-refractivity contribution in [3.63, 3.8) is 0 Å². The Labute approximate surface area is 141 Å². The van der Waals surface area contributed by atoms with Crippen LogP contribution in [0, 0.1) is 5.92 Å². The fourth-order valence-corrected chi connectivity index (χ4v) is 3.91. The molecule has 0 unspecified atom stereocenters. The van der Waals surface area contributed by atoms with Crippen LogP contribution in [-0.4, -0.2) is 29.6 Å². The second-order valence-corrected chi connectivity index (χ2v) is 7.30. The smallest absolute Gasteiger partial charge is 0.305 e. The molecule has 1 aliphatic heterocycles. The lowest BCUT2D eigenvalue weighted by molar-refractivity contribution is 0.187. The number of thiazole rings is 1. The Kier molecular flexibility index (Phi) is 5.18. The topological polar surface area (TPSA) is 45.3 Å². The molecule has 4 nitrogen and oxygen atoms in total. The van der Waals surface area contributed by atoms with Crippen LogP contribution in [0.2, 0.25) is 0 Å². The highest BCUT2D eigenvalue weighted by Crippen LogP contribution is 2.27. The fourth-order valence-electron chi connectivity index (χ4n) is 3.01. The maximum atomic E-state index is 11.9. The first-order valence-electron chi connectivity index (χ1n) is 8.33. The summed E-state index contributed by atoms with van der Waals surface area (Å²) >= 11 is 1.33. The van der Waals surface area contributed by atoms with E-state index in [1.165, 1.54) is 24.2 Å². The third-order valence-electron chi connectivity index (χ3n) is 4.42. The fraction of sp³-hybridized carbons (Fsp3) is 0.500. The van der Waals surface area contributed by atoms with Crippen molar-refractivity contribution in [1.82, 2.24) is 9.88 Å². The van der Waals surface area contributed by atoms with Gasteiger partial charge in [-0.15, -0.1) is 0 Å². The van der Waals surface area contributed by atoms with Crippen LogP contribution >= 0.6 is 11.3 Å². The monoisotopic (exact) mass is 332 g/mol. The number of hydrogen-bond donors (Lipinski definition) is 1. The number of aromatic nitrogens is 1. The number of aromatic amines is 1. The molecular weight excluding hydrogens is 308 g/mol. The molecule has 0 atom stereocenters. The Morgan fingerprint density at radius 3 is 2.61 bits per heavy atom. The van der Waals surface area contributed by atoms with E-state index < -0.39 is 0 Å². The molecule has 1 N–H and O–H groups in total. The Hall–Kier alpha value is -1.59. The molecule has 0 radical (unpaired) electrons. The second-order valence-electron chi connectivity index (χ2n) is 6.23. The normalized spacial score (nSPS) is 16.6. The van der Waals surface area contributed by atoms with Gasteiger partial charge < -0.3 is 9.72 Å². The minimum Gasteiger partial charge on any atom is -0.494 e. The van der Waals surface area contributed by atoms with Crippen molar-refractivity contribution in [2.75, 3.05) is 19.7 Å². The highest BCUT2D eigenvalue weighted by molar-refractivity contribution is 7.09. The van der Waals surface area contributed by atoms with Gasteiger partial charge in [-0.2, -0.15) is 0 Å². The van der Waals surface area contributed by atoms with E-state index in [-0.39, 0.29) is 4.87 Å². The molecule has 1 saturated heterocycles. The van der Waals surface area contributed by atoms with Gasteiger partial charge in [-0.1, -0.05) is 18.3 Å². The zero-order valence-corrected chi connectivity index (χ0v) is 14.6. The molecular formula is C18H24N2O2S. The van der Waals surface area contributed by atoms with Crippen LogP contribution in [0.15, 0.2) is 29.1 Å². The number of benzene rings is 1. The van der Waals surface area contributed by atoms with Crippen LogP contribution in [0.5, 0.6) is 5.75 Å². The molecule has 124 valence electrons. The molecule has 0 bridgehead atoms. The van der Waals surface area contributed by atoms with Crippen molar-refractivity contribution in [2.45, 2.75) is 33.2 Å². The summed E-state index contributed by atoms with van der Waals surface area (Å²) in [4.78, 5) is 18.5. The van der Waals surface area contributed by atoms with E-state index in [9.17, 15) is 4.79 Å². The zero-order chi connectivity index (χ0) is 16.2. The predicted molar refractivity (Wildman–Crippen MR) is 95.2 cm³/mol. The van der Waals surface area contributed by atoms with Crippen molar-refractivity contribution in [1.29, 1.82) is 0 Å². The van der Waals surface area contributed by atoms with E-state index >= 15 is 0 Å². The molecule has 1 fully saturated rings. The van der Waals surface area contributed by atoms with E-state index in [4.69, 9.17) is 4.74 Å². The van der Waals surface area contributed by atoms with Crippen LogP contribution in [0.1, 0.15) is 31.6 Å². The Morgan fingerprint density at radius 1 is 1.26 bits per heavy atom. The Balaban J connectivity index is 1.78. The van der Waals surface area contributed by atoms with Crippen molar-refractivity contribution >= 4 is 11.3 Å². The summed E-state index contributed by atoms with van der Waals surface area (Å²) in [6.45, 7) is 8.05. The number of H-pyrrole nitrogens is 1. The summed E-state index contributed by atoms with van der Waals surface area (Å²) < 4.78 is 5.49. The number of nitrogens with zero attached hydrogens (tertiary/aromatic N) is 1. The van der Waals surface area contributed by atoms with Gasteiger partial charge in [0.05, 0.1) is 12.3 Å². The molecule has 23 heavy (non-hydrogen) atoms. The molecule has 1 aromatic heterocycles. The number of ether oxygens (including phenoxy) is 1. The van der Waals surface area contributed by atoms with Gasteiger partial charge in [0.2, 0.25) is 0 Å². The van der Waals surface area contributed by atoms with Crippen LogP contribution < -0.4 is 9.61 Å². The van der Waals surface area contributed by atoms with E-state index in [2.05, 4.69) is 16.8 Å². The van der Waals surface area contributed by atoms with Gasteiger partial charge in [-0.25, -0.2) is 0 Å². The number of piperidine rings is 1. The standard InChI is InChI=1S/C18H24N2O2S/c1-3-22-15-6-4-14(5-7-15)17-16(23-18(21)19-17)12-20-10-8-13(2)9-11-20/h4-7,13H,3,8-12H2,1-2H3,(H,19,21). The minimum atomic E-state index is 0.0225. The maximum Gasteiger partial charge on any atom is 0.305 e. The molecule has 5 heteroatoms. The van der Waals surface area contributed by atoms with Gasteiger partial charge in [0.25, 0.3) is 0 Å². The van der Waals surface area contributed by atoms with Crippen molar-refractivity contribution in [2.24, 2.45) is 5.92 Å². The highest BCUT2D eigenvalue weighted by atomic mass is 32.1. The van der Waals surface area contributed by atoms with Crippen LogP contribution in [0.3, 0.4) is 0 Å². The lowest BCUT2D eigenvalue weighted by Gasteiger charge is -2.29. The highest BCUT2D eigenvalue weighted by Gasteiger charge is 2.19. The van der Waals surface area contributed by atoms with Gasteiger partial charge in [0.1, 0.15) is 5.75 Å². The molecule has 0 aliphatic carbocycles. The number of likely N-dealkylation sites (tertiary alicyclic amines) is 1. The van der Waals surface area contributed by atoms with Gasteiger partial charge >= 0.3 is 4.87 Å². The first-order chi connectivity index (χ1) is 11.2. The largest absolute Gasteiger partial charge is 0.494 e. The summed E-state index contributed by atoms with van der Waals surface area (Å²) in [5.74, 6) is 1.68. The summed E-state index contributed by atoms with van der Waals surface area (Å²) in [7, 11) is 0. The lowest BCUT2D eigenvalue weighted by atomic mass is 9.99. The van der Waals surface area contributed by atoms with E-state index in [0.29, 0.717) is 6.61 Å². The van der Waals surface area contributed by atoms with Crippen molar-refractivity contribution in [3.05, 3.63) is 38.8 Å². The minimum absolute atomic E-state index is 0.0225. The van der Waals surface area contributed by atoms with E-state index in [0.717, 1.165) is 47.4 Å². The maximum absolute atomic E-state index is 11.9. The molecule has 2 aromatic rings. The SMILES string of the molecule is CCOc1ccc(-c2[nH]c(=O)sc2CN2CCC(C)CC2)cc1. The number of hydrogen-bond acceptors (Lipinski definition) is 4. The molecule has 3 rings (SSSR count). The zero-order valence-electron chi connectivity index (χ0n) is 13.8. The third-order valence-corrected chi connectivity index (χ3v) is 5.29. The third kappa shape index (κ3) is 4.03. The van der Waals surface area contributed by atoms with Crippen molar-refractivity contribution in [3.8, 4) is 17.0 Å². The lowest BCUT2D eigenvalue weighted by Crippen LogP contribution is -2.32. The summed E-state index contributed by atoms with van der Waals surface area (Å²) in [6.07, 6.45) is 2.50. The Morgan fingerprint density at radius 2 is 1.96 bits per heavy atom. The first kappa shape index (κ1) is 16.3. The molecule has 1 aromatic carbocycles. The van der Waals surface area contributed by atoms with Crippen molar-refractivity contribution < 1.29 is 4.74 Å². The average molecular weight is 332 g/mol. The molecule has 0 spiro atoms. The predicted octanol–water partition coefficient (Wildman–Crippen LogP) is 3.73. The van der Waals surface area contributed by atoms with E-state index in [1.54, 1.807) is 0 Å². The summed E-state index contributed by atoms with van der Waals surface area (Å²) in [5.41, 5.74) is 2.01. The van der Waals surface area contributed by atoms with Crippen LogP contribution in [0.4, 0.5) is 0 Å². The van der Waals surface area contributed by atoms with Crippen LogP contribution in [0.25, 0.3) is 11.3 Å². The molecule has 0 amide bonds. The van der Waals surface area contributed by atoms with E-state index in [1.807, 2.05) is 31.2 Å². The summed E-state index contributed by atoms with van der Waals surface area (Å²) in [5, 5.41) is 0. The number of nitrogens with one attached hydrogen (secondary N) is 1. The molecule has 0 saturated carbocycles. The second kappa shape index (κ2) is 7.32. The number of rotatable bonds is 5. The molecule has 2 heterocycles. The van der Waals surface area contributed by atoms with Gasteiger partial charge in [0, 0.05) is 11.4 Å². The average Bonchev–Trinajstić information content (AvgIpc) is 2.91. The quantitative estimate of drug-likeness (QED) is 0.907. The van der Waals surface area contributed by atoms with Gasteiger partial charge in [-0.05, 0) is 68.6 Å². The molecule has 1 aliphatic rings. The summed E-state index contributed by atoms with van der Waals surface area (Å²) in [6, 6.07) is 7.96. The Bertz CT molecular complexity index is 682. The first-order valence-corrected chi connectivity index (χ1v) is 9.15.